The summed E-state index contributed by atoms with van der Waals surface area (Å²) in [4.78, 5) is 0. The molecule has 0 aliphatic rings. The van der Waals surface area contributed by atoms with Crippen LogP contribution in [0.2, 0.25) is 0 Å². The maximum Gasteiger partial charge on any atom is 0.345 e. The van der Waals surface area contributed by atoms with Crippen LogP contribution >= 0.6 is 0 Å². The fourth-order valence-corrected chi connectivity index (χ4v) is 0.276. The third kappa shape index (κ3) is 4.29. The van der Waals surface area contributed by atoms with Crippen LogP contribution in [0.5, 0.6) is 0 Å². The minimum absolute atomic E-state index is 0.801. The van der Waals surface area contributed by atoms with Crippen LogP contribution in [0.4, 0.5) is 8.78 Å². The van der Waals surface area contributed by atoms with Crippen LogP contribution in [-0.2, 0) is 4.74 Å². The van der Waals surface area contributed by atoms with Crippen molar-refractivity contribution in [3.63, 3.8) is 0 Å². The molecule has 0 bridgehead atoms. The summed E-state index contributed by atoms with van der Waals surface area (Å²) in [7, 11) is 0. The van der Waals surface area contributed by atoms with Crippen molar-refractivity contribution in [2.75, 3.05) is 0 Å². The van der Waals surface area contributed by atoms with Gasteiger partial charge in [0.2, 0.25) is 0 Å². The zero-order chi connectivity index (χ0) is 7.44. The molecule has 0 radical (unpaired) electrons. The minimum Gasteiger partial charge on any atom is -0.391 e. The molecule has 2 atom stereocenters. The number of halogens is 2. The zero-order valence-electron chi connectivity index (χ0n) is 5.34. The first-order valence-electron chi connectivity index (χ1n) is 2.65. The van der Waals surface area contributed by atoms with E-state index in [0.29, 0.717) is 0 Å². The van der Waals surface area contributed by atoms with Crippen LogP contribution in [-0.4, -0.2) is 23.9 Å². The molecule has 0 aromatic rings. The summed E-state index contributed by atoms with van der Waals surface area (Å²) in [6.45, 7) is -0.0150. The Bertz CT molecular complexity index is 75.4. The number of rotatable bonds is 3. The first-order valence-corrected chi connectivity index (χ1v) is 2.65. The van der Waals surface area contributed by atoms with Crippen LogP contribution in [0.1, 0.15) is 13.8 Å². The SMILES string of the molecule is C[C@@H](O)[C@@H](C)OC(F)F. The number of hydrogen-bond donors (Lipinski definition) is 1. The van der Waals surface area contributed by atoms with Crippen LogP contribution in [0.3, 0.4) is 0 Å². The fourth-order valence-electron chi connectivity index (χ4n) is 0.276. The van der Waals surface area contributed by atoms with Crippen molar-refractivity contribution in [1.29, 1.82) is 0 Å². The van der Waals surface area contributed by atoms with Gasteiger partial charge in [-0.2, -0.15) is 8.78 Å². The number of aliphatic hydroxyl groups is 1. The summed E-state index contributed by atoms with van der Waals surface area (Å²) < 4.78 is 26.6. The van der Waals surface area contributed by atoms with Gasteiger partial charge >= 0.3 is 6.61 Å². The minimum atomic E-state index is -2.80. The van der Waals surface area contributed by atoms with E-state index in [0.717, 1.165) is 0 Å². The van der Waals surface area contributed by atoms with E-state index in [4.69, 9.17) is 5.11 Å². The predicted molar refractivity (Wildman–Crippen MR) is 28.2 cm³/mol. The quantitative estimate of drug-likeness (QED) is 0.633. The molecule has 0 aliphatic carbocycles. The normalized spacial score (nSPS) is 18.0. The first kappa shape index (κ1) is 8.78. The summed E-state index contributed by atoms with van der Waals surface area (Å²) in [6.07, 6.45) is -1.65. The third-order valence-electron chi connectivity index (χ3n) is 0.997. The molecule has 0 saturated carbocycles. The summed E-state index contributed by atoms with van der Waals surface area (Å²) in [5.74, 6) is 0. The van der Waals surface area contributed by atoms with Gasteiger partial charge in [-0.3, -0.25) is 0 Å². The monoisotopic (exact) mass is 140 g/mol. The Morgan fingerprint density at radius 1 is 1.33 bits per heavy atom. The third-order valence-corrected chi connectivity index (χ3v) is 0.997. The van der Waals surface area contributed by atoms with E-state index in [1.54, 1.807) is 0 Å². The number of alkyl halides is 2. The second-order valence-electron chi connectivity index (χ2n) is 1.84. The molecule has 0 unspecified atom stereocenters. The van der Waals surface area contributed by atoms with Gasteiger partial charge in [-0.25, -0.2) is 0 Å². The average molecular weight is 140 g/mol. The van der Waals surface area contributed by atoms with Crippen molar-refractivity contribution in [2.45, 2.75) is 32.7 Å². The molecule has 0 spiro atoms. The van der Waals surface area contributed by atoms with Crippen LogP contribution in [0.15, 0.2) is 0 Å². The van der Waals surface area contributed by atoms with Crippen LogP contribution in [0.25, 0.3) is 0 Å². The van der Waals surface area contributed by atoms with E-state index in [2.05, 4.69) is 4.74 Å². The molecular weight excluding hydrogens is 130 g/mol. The lowest BCUT2D eigenvalue weighted by atomic mass is 10.3. The average Bonchev–Trinajstić information content (AvgIpc) is 1.63. The molecule has 2 nitrogen and oxygen atoms in total. The van der Waals surface area contributed by atoms with Crippen molar-refractivity contribution in [2.24, 2.45) is 0 Å². The van der Waals surface area contributed by atoms with Crippen molar-refractivity contribution < 1.29 is 18.6 Å². The molecule has 0 aromatic carbocycles. The molecule has 4 heteroatoms. The van der Waals surface area contributed by atoms with E-state index >= 15 is 0 Å². The molecule has 1 N–H and O–H groups in total. The summed E-state index contributed by atoms with van der Waals surface area (Å²) in [6, 6.07) is 0. The Morgan fingerprint density at radius 3 is 1.89 bits per heavy atom. The molecule has 56 valence electrons. The molecule has 0 aliphatic heterocycles. The highest BCUT2D eigenvalue weighted by molar-refractivity contribution is 4.55. The van der Waals surface area contributed by atoms with Gasteiger partial charge in [0, 0.05) is 0 Å². The largest absolute Gasteiger partial charge is 0.391 e. The van der Waals surface area contributed by atoms with E-state index in [1.807, 2.05) is 0 Å². The smallest absolute Gasteiger partial charge is 0.345 e. The van der Waals surface area contributed by atoms with Gasteiger partial charge < -0.3 is 9.84 Å². The van der Waals surface area contributed by atoms with Crippen molar-refractivity contribution in [3.05, 3.63) is 0 Å². The van der Waals surface area contributed by atoms with Gasteiger partial charge in [0.15, 0.2) is 0 Å². The number of aliphatic hydroxyl groups excluding tert-OH is 1. The molecule has 0 saturated heterocycles. The molecular formula is C5H10F2O2. The van der Waals surface area contributed by atoms with Gasteiger partial charge in [-0.15, -0.1) is 0 Å². The Kier molecular flexibility index (Phi) is 3.65. The van der Waals surface area contributed by atoms with Crippen molar-refractivity contribution in [3.8, 4) is 0 Å². The number of ether oxygens (including phenoxy) is 1. The summed E-state index contributed by atoms with van der Waals surface area (Å²) in [5, 5.41) is 8.61. The Labute approximate surface area is 52.4 Å². The van der Waals surface area contributed by atoms with Crippen LogP contribution in [0, 0.1) is 0 Å². The Balaban J connectivity index is 3.38. The standard InChI is InChI=1S/C5H10F2O2/c1-3(8)4(2)9-5(6)7/h3-5,8H,1-2H3/t3-,4-/m1/s1. The fraction of sp³-hybridized carbons (Fsp3) is 1.00. The molecule has 0 rings (SSSR count). The molecule has 0 amide bonds. The summed E-state index contributed by atoms with van der Waals surface area (Å²) >= 11 is 0. The topological polar surface area (TPSA) is 29.5 Å². The molecule has 0 aromatic heterocycles. The van der Waals surface area contributed by atoms with E-state index in [-0.39, 0.29) is 0 Å². The molecule has 9 heavy (non-hydrogen) atoms. The maximum absolute atomic E-state index is 11.3. The highest BCUT2D eigenvalue weighted by Gasteiger charge is 2.13. The van der Waals surface area contributed by atoms with Gasteiger partial charge in [0.05, 0.1) is 12.2 Å². The molecule has 0 heterocycles. The maximum atomic E-state index is 11.3. The lowest BCUT2D eigenvalue weighted by Gasteiger charge is -2.13. The highest BCUT2D eigenvalue weighted by Crippen LogP contribution is 2.03. The zero-order valence-corrected chi connectivity index (χ0v) is 5.34. The predicted octanol–water partition coefficient (Wildman–Crippen LogP) is 0.995. The van der Waals surface area contributed by atoms with Gasteiger partial charge in [0.25, 0.3) is 0 Å². The van der Waals surface area contributed by atoms with E-state index < -0.39 is 18.8 Å². The lowest BCUT2D eigenvalue weighted by Crippen LogP contribution is -2.24. The molecule has 0 fully saturated rings. The second-order valence-corrected chi connectivity index (χ2v) is 1.84. The van der Waals surface area contributed by atoms with E-state index in [9.17, 15) is 8.78 Å². The Morgan fingerprint density at radius 2 is 1.78 bits per heavy atom. The van der Waals surface area contributed by atoms with Gasteiger partial charge in [0.1, 0.15) is 0 Å². The Hall–Kier alpha value is -0.220. The van der Waals surface area contributed by atoms with Gasteiger partial charge in [-0.1, -0.05) is 0 Å². The van der Waals surface area contributed by atoms with Crippen molar-refractivity contribution >= 4 is 0 Å². The van der Waals surface area contributed by atoms with Crippen LogP contribution < -0.4 is 0 Å². The summed E-state index contributed by atoms with van der Waals surface area (Å²) in [5.41, 5.74) is 0. The van der Waals surface area contributed by atoms with Crippen molar-refractivity contribution in [1.82, 2.24) is 0 Å². The van der Waals surface area contributed by atoms with Gasteiger partial charge in [-0.05, 0) is 13.8 Å². The first-order chi connectivity index (χ1) is 4.04. The lowest BCUT2D eigenvalue weighted by molar-refractivity contribution is -0.179. The second kappa shape index (κ2) is 3.74. The van der Waals surface area contributed by atoms with E-state index in [1.165, 1.54) is 13.8 Å². The number of hydrogen-bond acceptors (Lipinski definition) is 2. The highest BCUT2D eigenvalue weighted by atomic mass is 19.3.